The molecule has 1 heterocycles. The summed E-state index contributed by atoms with van der Waals surface area (Å²) in [5.74, 6) is 2.08. The molecular weight excluding hydrogens is 418 g/mol. The van der Waals surface area contributed by atoms with Crippen molar-refractivity contribution in [3.63, 3.8) is 0 Å². The standard InChI is InChI=1S/C26H35N3O4/c1-4-15-33-17-22(28-25(31)18(2)27-3)26(32)29-14-8-13-23(29)24(30)16-20-11-7-10-19-9-5-6-12-21(19)20/h1,5-6,9,12,18,20,22-23,27H,7-8,10-11,13-17H2,2-3H3,(H,28,31)/t18-,20-,22-,23-/m0/s1. The number of carbonyl (C=O) groups excluding carboxylic acids is 3. The van der Waals surface area contributed by atoms with Gasteiger partial charge >= 0.3 is 0 Å². The van der Waals surface area contributed by atoms with Gasteiger partial charge in [-0.25, -0.2) is 0 Å². The Kier molecular flexibility index (Phi) is 9.04. The molecule has 2 aliphatic rings. The number of ketones is 1. The summed E-state index contributed by atoms with van der Waals surface area (Å²) in [4.78, 5) is 40.8. The van der Waals surface area contributed by atoms with E-state index in [9.17, 15) is 14.4 Å². The number of amides is 2. The van der Waals surface area contributed by atoms with Crippen LogP contribution in [0.15, 0.2) is 24.3 Å². The molecule has 1 saturated heterocycles. The van der Waals surface area contributed by atoms with Crippen LogP contribution in [0.5, 0.6) is 0 Å². The molecule has 1 aliphatic carbocycles. The van der Waals surface area contributed by atoms with Crippen molar-refractivity contribution in [3.05, 3.63) is 35.4 Å². The minimum atomic E-state index is -0.884. The van der Waals surface area contributed by atoms with Crippen LogP contribution in [0.25, 0.3) is 0 Å². The fourth-order valence-electron chi connectivity index (χ4n) is 4.85. The SMILES string of the molecule is C#CCOC[C@H](NC(=O)[C@H](C)NC)C(=O)N1CCC[C@H]1C(=O)C[C@@H]1CCCc2ccccc21. The summed E-state index contributed by atoms with van der Waals surface area (Å²) in [6, 6.07) is 6.55. The number of rotatable bonds is 10. The first-order valence-corrected chi connectivity index (χ1v) is 11.9. The van der Waals surface area contributed by atoms with Crippen LogP contribution in [-0.4, -0.2) is 67.4 Å². The average molecular weight is 454 g/mol. The van der Waals surface area contributed by atoms with Gasteiger partial charge in [0.15, 0.2) is 5.78 Å². The van der Waals surface area contributed by atoms with E-state index in [4.69, 9.17) is 11.2 Å². The quantitative estimate of drug-likeness (QED) is 0.417. The van der Waals surface area contributed by atoms with Crippen molar-refractivity contribution in [3.8, 4) is 12.3 Å². The molecule has 1 aliphatic heterocycles. The molecule has 0 saturated carbocycles. The van der Waals surface area contributed by atoms with Gasteiger partial charge in [0.05, 0.1) is 18.7 Å². The highest BCUT2D eigenvalue weighted by Gasteiger charge is 2.38. The molecule has 7 nitrogen and oxygen atoms in total. The number of likely N-dealkylation sites (N-methyl/N-ethyl adjacent to an activating group) is 1. The smallest absolute Gasteiger partial charge is 0.248 e. The van der Waals surface area contributed by atoms with Gasteiger partial charge in [-0.05, 0) is 63.1 Å². The fraction of sp³-hybridized carbons (Fsp3) is 0.577. The van der Waals surface area contributed by atoms with Crippen molar-refractivity contribution in [2.45, 2.75) is 69.5 Å². The van der Waals surface area contributed by atoms with Crippen LogP contribution < -0.4 is 10.6 Å². The maximum absolute atomic E-state index is 13.4. The molecular formula is C26H35N3O4. The third-order valence-corrected chi connectivity index (χ3v) is 6.76. The number of nitrogens with zero attached hydrogens (tertiary/aromatic N) is 1. The Balaban J connectivity index is 1.69. The molecule has 0 bridgehead atoms. The highest BCUT2D eigenvalue weighted by Crippen LogP contribution is 2.35. The first-order valence-electron chi connectivity index (χ1n) is 11.9. The van der Waals surface area contributed by atoms with Crippen molar-refractivity contribution in [2.75, 3.05) is 26.8 Å². The minimum Gasteiger partial charge on any atom is -0.366 e. The number of aryl methyl sites for hydroxylation is 1. The van der Waals surface area contributed by atoms with Crippen LogP contribution in [0.3, 0.4) is 0 Å². The van der Waals surface area contributed by atoms with E-state index in [0.717, 1.165) is 25.7 Å². The van der Waals surface area contributed by atoms with Crippen LogP contribution in [0, 0.1) is 12.3 Å². The van der Waals surface area contributed by atoms with E-state index in [1.807, 2.05) is 12.1 Å². The zero-order valence-corrected chi connectivity index (χ0v) is 19.6. The van der Waals surface area contributed by atoms with E-state index < -0.39 is 18.1 Å². The van der Waals surface area contributed by atoms with E-state index in [-0.39, 0.29) is 36.7 Å². The van der Waals surface area contributed by atoms with Crippen LogP contribution in [0.4, 0.5) is 0 Å². The second-order valence-corrected chi connectivity index (χ2v) is 8.94. The van der Waals surface area contributed by atoms with E-state index in [1.54, 1.807) is 18.9 Å². The predicted octanol–water partition coefficient (Wildman–Crippen LogP) is 1.80. The number of fused-ring (bicyclic) bond motifs is 1. The lowest BCUT2D eigenvalue weighted by molar-refractivity contribution is -0.142. The third-order valence-electron chi connectivity index (χ3n) is 6.76. The van der Waals surface area contributed by atoms with Gasteiger partial charge < -0.3 is 20.3 Å². The monoisotopic (exact) mass is 453 g/mol. The lowest BCUT2D eigenvalue weighted by atomic mass is 9.79. The van der Waals surface area contributed by atoms with Crippen molar-refractivity contribution >= 4 is 17.6 Å². The molecule has 2 amide bonds. The molecule has 0 unspecified atom stereocenters. The third kappa shape index (κ3) is 6.21. The Morgan fingerprint density at radius 1 is 1.24 bits per heavy atom. The van der Waals surface area contributed by atoms with E-state index in [1.165, 1.54) is 11.1 Å². The number of hydrogen-bond acceptors (Lipinski definition) is 5. The molecule has 7 heteroatoms. The van der Waals surface area contributed by atoms with E-state index in [2.05, 4.69) is 28.7 Å². The number of nitrogens with one attached hydrogen (secondary N) is 2. The first-order chi connectivity index (χ1) is 16.0. The van der Waals surface area contributed by atoms with Gasteiger partial charge in [-0.3, -0.25) is 14.4 Å². The van der Waals surface area contributed by atoms with E-state index in [0.29, 0.717) is 19.4 Å². The number of ether oxygens (including phenoxy) is 1. The summed E-state index contributed by atoms with van der Waals surface area (Å²) in [6.45, 7) is 2.23. The van der Waals surface area contributed by atoms with Gasteiger partial charge in [-0.15, -0.1) is 6.42 Å². The lowest BCUT2D eigenvalue weighted by Crippen LogP contribution is -2.56. The Labute approximate surface area is 196 Å². The van der Waals surface area contributed by atoms with Gasteiger partial charge in [-0.2, -0.15) is 0 Å². The molecule has 33 heavy (non-hydrogen) atoms. The van der Waals surface area contributed by atoms with Crippen molar-refractivity contribution in [1.29, 1.82) is 0 Å². The highest BCUT2D eigenvalue weighted by molar-refractivity contribution is 5.94. The predicted molar refractivity (Wildman–Crippen MR) is 127 cm³/mol. The van der Waals surface area contributed by atoms with Gasteiger partial charge in [0.2, 0.25) is 11.8 Å². The summed E-state index contributed by atoms with van der Waals surface area (Å²) < 4.78 is 5.39. The summed E-state index contributed by atoms with van der Waals surface area (Å²) in [7, 11) is 1.68. The number of carbonyl (C=O) groups is 3. The molecule has 0 spiro atoms. The van der Waals surface area contributed by atoms with Crippen molar-refractivity contribution in [2.24, 2.45) is 0 Å². The Morgan fingerprint density at radius 3 is 2.79 bits per heavy atom. The molecule has 1 fully saturated rings. The number of terminal acetylenes is 1. The zero-order chi connectivity index (χ0) is 23.8. The maximum Gasteiger partial charge on any atom is 0.248 e. The molecule has 178 valence electrons. The average Bonchev–Trinajstić information content (AvgIpc) is 3.33. The van der Waals surface area contributed by atoms with Crippen LogP contribution in [-0.2, 0) is 25.5 Å². The summed E-state index contributed by atoms with van der Waals surface area (Å²) in [5.41, 5.74) is 2.59. The van der Waals surface area contributed by atoms with Gasteiger partial charge in [0, 0.05) is 13.0 Å². The molecule has 1 aromatic carbocycles. The fourth-order valence-corrected chi connectivity index (χ4v) is 4.85. The normalized spacial score (nSPS) is 21.5. The second-order valence-electron chi connectivity index (χ2n) is 8.94. The first kappa shape index (κ1) is 24.9. The van der Waals surface area contributed by atoms with Crippen molar-refractivity contribution in [1.82, 2.24) is 15.5 Å². The Bertz CT molecular complexity index is 894. The van der Waals surface area contributed by atoms with Gasteiger partial charge in [0.25, 0.3) is 0 Å². The number of Topliss-reactive ketones (excluding diaryl/α,β-unsaturated/α-hetero) is 1. The zero-order valence-electron chi connectivity index (χ0n) is 19.6. The van der Waals surface area contributed by atoms with Gasteiger partial charge in [-0.1, -0.05) is 30.2 Å². The molecule has 3 rings (SSSR count). The van der Waals surface area contributed by atoms with Crippen molar-refractivity contribution < 1.29 is 19.1 Å². The molecule has 4 atom stereocenters. The summed E-state index contributed by atoms with van der Waals surface area (Å²) in [6.07, 6.45) is 10.2. The Hall–Kier alpha value is -2.69. The highest BCUT2D eigenvalue weighted by atomic mass is 16.5. The van der Waals surface area contributed by atoms with Crippen LogP contribution in [0.2, 0.25) is 0 Å². The summed E-state index contributed by atoms with van der Waals surface area (Å²) >= 11 is 0. The number of hydrogen-bond donors (Lipinski definition) is 2. The second kappa shape index (κ2) is 12.0. The molecule has 1 aromatic rings. The number of likely N-dealkylation sites (tertiary alicyclic amines) is 1. The van der Waals surface area contributed by atoms with Crippen LogP contribution in [0.1, 0.15) is 56.1 Å². The minimum absolute atomic E-state index is 0.0291. The molecule has 2 N–H and O–H groups in total. The largest absolute Gasteiger partial charge is 0.366 e. The Morgan fingerprint density at radius 2 is 2.03 bits per heavy atom. The lowest BCUT2D eigenvalue weighted by Gasteiger charge is -2.31. The maximum atomic E-state index is 13.4. The molecule has 0 aromatic heterocycles. The topological polar surface area (TPSA) is 87.7 Å². The van der Waals surface area contributed by atoms with Crippen LogP contribution >= 0.6 is 0 Å². The van der Waals surface area contributed by atoms with E-state index >= 15 is 0 Å². The number of benzene rings is 1. The van der Waals surface area contributed by atoms with Gasteiger partial charge in [0.1, 0.15) is 12.6 Å². The summed E-state index contributed by atoms with van der Waals surface area (Å²) in [5, 5.41) is 5.62. The molecule has 0 radical (unpaired) electrons.